The third kappa shape index (κ3) is 63.3. The van der Waals surface area contributed by atoms with Crippen LogP contribution < -0.4 is 29.6 Å². The number of hydrogen-bond donors (Lipinski definition) is 1. The topological polar surface area (TPSA) is 94.5 Å². The zero-order valence-electron chi connectivity index (χ0n) is 6.06. The molecule has 0 aromatic rings. The number of unbranched alkanes of at least 4 members (excludes halogenated alkanes) is 1. The zero-order chi connectivity index (χ0) is 8.41. The smallest absolute Gasteiger partial charge is 0.750 e. The van der Waals surface area contributed by atoms with Gasteiger partial charge < -0.3 is 18.7 Å². The molecule has 0 aliphatic heterocycles. The first-order valence-corrected chi connectivity index (χ1v) is 3.34. The molecule has 60 valence electrons. The fourth-order valence-electron chi connectivity index (χ4n) is 0.136. The molecule has 5 nitrogen and oxygen atoms in total. The first-order valence-electron chi connectivity index (χ1n) is 2.30. The van der Waals surface area contributed by atoms with Gasteiger partial charge in [-0.3, -0.25) is 0 Å². The Hall–Kier alpha value is 0.410. The molecule has 0 rings (SSSR count). The second-order valence-electron chi connectivity index (χ2n) is 1.13. The number of carbonyl (C=O) groups is 2. The molecule has 0 aliphatic rings. The van der Waals surface area contributed by atoms with Crippen LogP contribution in [0.2, 0.25) is 0 Å². The van der Waals surface area contributed by atoms with Gasteiger partial charge in [0.1, 0.15) is 12.6 Å². The van der Waals surface area contributed by atoms with E-state index in [2.05, 4.69) is 0 Å². The molecule has 1 N–H and O–H groups in total. The minimum absolute atomic E-state index is 0. The predicted molar refractivity (Wildman–Crippen MR) is 32.9 cm³/mol. The molecule has 0 saturated carbocycles. The normalized spacial score (nSPS) is 9.64. The van der Waals surface area contributed by atoms with Crippen molar-refractivity contribution in [1.29, 1.82) is 0 Å². The first-order chi connectivity index (χ1) is 4.65. The van der Waals surface area contributed by atoms with Gasteiger partial charge in [-0.05, 0) is 0 Å². The van der Waals surface area contributed by atoms with E-state index in [-0.39, 0.29) is 29.6 Å². The standard InChI is InChI=1S/C4H6O2.Na.H2O3S/c5-3-1-2-4-6;;1-4(2)3/h3-4H,1-2H2;;(H2,1,2,3)/q;+1;/p-1. The largest absolute Gasteiger partial charge is 1.00 e. The van der Waals surface area contributed by atoms with Gasteiger partial charge >= 0.3 is 29.6 Å². The van der Waals surface area contributed by atoms with E-state index in [9.17, 15) is 9.59 Å². The third-order valence-corrected chi connectivity index (χ3v) is 0.402. The molecule has 0 aromatic carbocycles. The van der Waals surface area contributed by atoms with Crippen molar-refractivity contribution in [2.75, 3.05) is 0 Å². The SMILES string of the molecule is O=CCCC=O.O=S([O-])O.[Na+]. The second-order valence-corrected chi connectivity index (χ2v) is 1.56. The quantitative estimate of drug-likeness (QED) is 0.216. The maximum absolute atomic E-state index is 9.40. The molecule has 0 aromatic heterocycles. The summed E-state index contributed by atoms with van der Waals surface area (Å²) in [5.41, 5.74) is 0. The summed E-state index contributed by atoms with van der Waals surface area (Å²) in [6, 6.07) is 0. The van der Waals surface area contributed by atoms with Crippen molar-refractivity contribution in [2.45, 2.75) is 12.8 Å². The molecule has 0 radical (unpaired) electrons. The van der Waals surface area contributed by atoms with Crippen LogP contribution in [0.4, 0.5) is 0 Å². The molecule has 1 atom stereocenters. The summed E-state index contributed by atoms with van der Waals surface area (Å²) in [6.45, 7) is 0. The van der Waals surface area contributed by atoms with Gasteiger partial charge in [0.25, 0.3) is 0 Å². The van der Waals surface area contributed by atoms with Crippen LogP contribution in [0.3, 0.4) is 0 Å². The number of aldehydes is 2. The summed E-state index contributed by atoms with van der Waals surface area (Å²) < 4.78 is 24.1. The molecular weight excluding hydrogens is 183 g/mol. The van der Waals surface area contributed by atoms with E-state index in [0.717, 1.165) is 12.6 Å². The van der Waals surface area contributed by atoms with Gasteiger partial charge in [-0.25, -0.2) is 4.21 Å². The number of rotatable bonds is 3. The molecule has 0 bridgehead atoms. The van der Waals surface area contributed by atoms with Gasteiger partial charge in [0, 0.05) is 12.8 Å². The minimum Gasteiger partial charge on any atom is -0.750 e. The van der Waals surface area contributed by atoms with Crippen LogP contribution in [0.1, 0.15) is 12.8 Å². The Bertz CT molecular complexity index is 105. The first kappa shape index (κ1) is 17.5. The van der Waals surface area contributed by atoms with Crippen LogP contribution in [0.5, 0.6) is 0 Å². The zero-order valence-corrected chi connectivity index (χ0v) is 8.87. The van der Waals surface area contributed by atoms with Crippen molar-refractivity contribution in [3.8, 4) is 0 Å². The molecule has 0 amide bonds. The Labute approximate surface area is 89.0 Å². The van der Waals surface area contributed by atoms with E-state index in [0.29, 0.717) is 12.8 Å². The van der Waals surface area contributed by atoms with Crippen LogP contribution in [0.25, 0.3) is 0 Å². The summed E-state index contributed by atoms with van der Waals surface area (Å²) in [6.07, 6.45) is 2.19. The van der Waals surface area contributed by atoms with Crippen molar-refractivity contribution in [1.82, 2.24) is 0 Å². The molecule has 1 unspecified atom stereocenters. The Morgan fingerprint density at radius 3 is 1.55 bits per heavy atom. The molecule has 0 heterocycles. The predicted octanol–water partition coefficient (Wildman–Crippen LogP) is -3.49. The van der Waals surface area contributed by atoms with E-state index in [1.165, 1.54) is 0 Å². The number of carbonyl (C=O) groups excluding carboxylic acids is 2. The van der Waals surface area contributed by atoms with Crippen molar-refractivity contribution in [3.63, 3.8) is 0 Å². The van der Waals surface area contributed by atoms with E-state index >= 15 is 0 Å². The third-order valence-electron chi connectivity index (χ3n) is 0.402. The minimum atomic E-state index is -2.86. The fourth-order valence-corrected chi connectivity index (χ4v) is 0.136. The second kappa shape index (κ2) is 16.8. The van der Waals surface area contributed by atoms with Crippen LogP contribution in [-0.2, 0) is 21.0 Å². The van der Waals surface area contributed by atoms with Crippen LogP contribution in [-0.4, -0.2) is 25.9 Å². The van der Waals surface area contributed by atoms with Crippen LogP contribution in [0.15, 0.2) is 0 Å². The maximum atomic E-state index is 9.40. The van der Waals surface area contributed by atoms with E-state index in [1.54, 1.807) is 0 Å². The summed E-state index contributed by atoms with van der Waals surface area (Å²) in [5.74, 6) is 0. The average Bonchev–Trinajstić information content (AvgIpc) is 1.82. The summed E-state index contributed by atoms with van der Waals surface area (Å²) in [4.78, 5) is 18.8. The Morgan fingerprint density at radius 1 is 1.27 bits per heavy atom. The number of hydrogen-bond acceptors (Lipinski definition) is 4. The van der Waals surface area contributed by atoms with Crippen molar-refractivity contribution < 1.29 is 52.5 Å². The van der Waals surface area contributed by atoms with E-state index < -0.39 is 11.4 Å². The summed E-state index contributed by atoms with van der Waals surface area (Å²) >= 11 is -2.86. The average molecular weight is 190 g/mol. The van der Waals surface area contributed by atoms with Gasteiger partial charge in [0.15, 0.2) is 0 Å². The molecule has 11 heavy (non-hydrogen) atoms. The Balaban J connectivity index is -0.000000114. The summed E-state index contributed by atoms with van der Waals surface area (Å²) in [5, 5.41) is 0. The van der Waals surface area contributed by atoms with Crippen LogP contribution in [0, 0.1) is 0 Å². The van der Waals surface area contributed by atoms with Gasteiger partial charge in [0.2, 0.25) is 0 Å². The van der Waals surface area contributed by atoms with Crippen molar-refractivity contribution >= 4 is 23.9 Å². The molecule has 0 fully saturated rings. The van der Waals surface area contributed by atoms with Crippen molar-refractivity contribution in [2.24, 2.45) is 0 Å². The van der Waals surface area contributed by atoms with Crippen LogP contribution >= 0.6 is 0 Å². The van der Waals surface area contributed by atoms with Gasteiger partial charge in [0.05, 0.1) is 11.4 Å². The fraction of sp³-hybridized carbons (Fsp3) is 0.500. The molecule has 0 aliphatic carbocycles. The van der Waals surface area contributed by atoms with E-state index in [1.807, 2.05) is 0 Å². The van der Waals surface area contributed by atoms with Crippen molar-refractivity contribution in [3.05, 3.63) is 0 Å². The molecule has 0 spiro atoms. The van der Waals surface area contributed by atoms with Gasteiger partial charge in [-0.1, -0.05) is 0 Å². The van der Waals surface area contributed by atoms with Gasteiger partial charge in [-0.15, -0.1) is 0 Å². The Morgan fingerprint density at radius 2 is 1.45 bits per heavy atom. The van der Waals surface area contributed by atoms with E-state index in [4.69, 9.17) is 13.3 Å². The Kier molecular flexibility index (Phi) is 26.7. The molecular formula is C4H7NaO5S. The maximum Gasteiger partial charge on any atom is 1.00 e. The summed E-state index contributed by atoms with van der Waals surface area (Å²) in [7, 11) is 0. The molecule has 7 heteroatoms. The van der Waals surface area contributed by atoms with Gasteiger partial charge in [-0.2, -0.15) is 0 Å². The molecule has 0 saturated heterocycles. The monoisotopic (exact) mass is 190 g/mol.